The molecule has 3 aromatic heterocycles. The number of carbonyl (C=O) groups is 1. The van der Waals surface area contributed by atoms with Gasteiger partial charge in [-0.2, -0.15) is 10.2 Å². The fraction of sp³-hybridized carbons (Fsp3) is 0.304. The van der Waals surface area contributed by atoms with Gasteiger partial charge in [-0.1, -0.05) is 12.1 Å². The zero-order chi connectivity index (χ0) is 22.0. The summed E-state index contributed by atoms with van der Waals surface area (Å²) in [6.45, 7) is 7.33. The summed E-state index contributed by atoms with van der Waals surface area (Å²) in [6, 6.07) is 9.85. The Kier molecular flexibility index (Phi) is 5.70. The van der Waals surface area contributed by atoms with Crippen LogP contribution in [0.3, 0.4) is 0 Å². The molecule has 0 aliphatic carbocycles. The standard InChI is InChI=1S/C23H26N6O2/c1-5-28-16(3)18(13-26-28)12-25-21(30)14-29-23-22(15(2)27-29)20(10-11-24-23)17-6-8-19(31-4)9-7-17/h6-11,13H,5,12,14H2,1-4H3,(H,25,30). The minimum atomic E-state index is -0.121. The molecule has 0 atom stereocenters. The number of pyridine rings is 1. The van der Waals surface area contributed by atoms with Crippen molar-refractivity contribution in [2.75, 3.05) is 7.11 Å². The van der Waals surface area contributed by atoms with Crippen molar-refractivity contribution >= 4 is 16.9 Å². The van der Waals surface area contributed by atoms with Gasteiger partial charge in [0.25, 0.3) is 0 Å². The van der Waals surface area contributed by atoms with Crippen LogP contribution in [-0.4, -0.2) is 37.6 Å². The number of hydrogen-bond donors (Lipinski definition) is 1. The molecule has 1 N–H and O–H groups in total. The Morgan fingerprint density at radius 1 is 1.13 bits per heavy atom. The van der Waals surface area contributed by atoms with Gasteiger partial charge in [0, 0.05) is 35.9 Å². The number of fused-ring (bicyclic) bond motifs is 1. The summed E-state index contributed by atoms with van der Waals surface area (Å²) >= 11 is 0. The highest BCUT2D eigenvalue weighted by molar-refractivity contribution is 5.95. The molecule has 1 amide bonds. The van der Waals surface area contributed by atoms with E-state index in [0.29, 0.717) is 12.2 Å². The van der Waals surface area contributed by atoms with E-state index in [0.717, 1.165) is 45.8 Å². The molecule has 0 bridgehead atoms. The van der Waals surface area contributed by atoms with Crippen molar-refractivity contribution in [2.45, 2.75) is 40.4 Å². The van der Waals surface area contributed by atoms with E-state index in [-0.39, 0.29) is 12.5 Å². The first-order valence-corrected chi connectivity index (χ1v) is 10.3. The van der Waals surface area contributed by atoms with Gasteiger partial charge in [0.15, 0.2) is 5.65 Å². The second-order valence-corrected chi connectivity index (χ2v) is 7.38. The van der Waals surface area contributed by atoms with Crippen LogP contribution >= 0.6 is 0 Å². The molecule has 4 rings (SSSR count). The van der Waals surface area contributed by atoms with Crippen molar-refractivity contribution in [1.82, 2.24) is 29.9 Å². The SMILES string of the molecule is CCn1ncc(CNC(=O)Cn2nc(C)c3c(-c4ccc(OC)cc4)ccnc32)c1C. The zero-order valence-electron chi connectivity index (χ0n) is 18.2. The molecule has 4 aromatic rings. The van der Waals surface area contributed by atoms with E-state index in [4.69, 9.17) is 4.74 Å². The average molecular weight is 419 g/mol. The molecular weight excluding hydrogens is 392 g/mol. The van der Waals surface area contributed by atoms with Gasteiger partial charge in [-0.3, -0.25) is 9.48 Å². The smallest absolute Gasteiger partial charge is 0.242 e. The third-order valence-corrected chi connectivity index (χ3v) is 5.48. The average Bonchev–Trinajstić information content (AvgIpc) is 3.31. The van der Waals surface area contributed by atoms with Gasteiger partial charge in [0.1, 0.15) is 12.3 Å². The van der Waals surface area contributed by atoms with E-state index in [9.17, 15) is 4.79 Å². The zero-order valence-corrected chi connectivity index (χ0v) is 18.2. The molecular formula is C23H26N6O2. The molecule has 8 heteroatoms. The monoisotopic (exact) mass is 418 g/mol. The first kappa shape index (κ1) is 20.6. The molecule has 0 unspecified atom stereocenters. The van der Waals surface area contributed by atoms with Crippen LogP contribution in [0.5, 0.6) is 5.75 Å². The van der Waals surface area contributed by atoms with E-state index in [1.54, 1.807) is 24.2 Å². The van der Waals surface area contributed by atoms with Crippen molar-refractivity contribution < 1.29 is 9.53 Å². The number of aryl methyl sites for hydroxylation is 2. The van der Waals surface area contributed by atoms with E-state index < -0.39 is 0 Å². The largest absolute Gasteiger partial charge is 0.497 e. The van der Waals surface area contributed by atoms with Gasteiger partial charge in [-0.05, 0) is 50.1 Å². The summed E-state index contributed by atoms with van der Waals surface area (Å²) in [5.41, 5.74) is 5.67. The Bertz CT molecular complexity index is 1220. The summed E-state index contributed by atoms with van der Waals surface area (Å²) in [5.74, 6) is 0.683. The molecule has 0 aliphatic rings. The normalized spacial score (nSPS) is 11.1. The highest BCUT2D eigenvalue weighted by Crippen LogP contribution is 2.30. The molecule has 1 aromatic carbocycles. The lowest BCUT2D eigenvalue weighted by Crippen LogP contribution is -2.27. The highest BCUT2D eigenvalue weighted by atomic mass is 16.5. The minimum Gasteiger partial charge on any atom is -0.497 e. The van der Waals surface area contributed by atoms with E-state index in [1.165, 1.54) is 0 Å². The van der Waals surface area contributed by atoms with Crippen LogP contribution in [-0.2, 0) is 24.4 Å². The molecule has 0 saturated heterocycles. The first-order valence-electron chi connectivity index (χ1n) is 10.3. The van der Waals surface area contributed by atoms with Crippen LogP contribution in [0.4, 0.5) is 0 Å². The lowest BCUT2D eigenvalue weighted by Gasteiger charge is -2.08. The first-order chi connectivity index (χ1) is 15.0. The van der Waals surface area contributed by atoms with Gasteiger partial charge in [0.2, 0.25) is 5.91 Å². The van der Waals surface area contributed by atoms with Crippen molar-refractivity contribution in [3.05, 3.63) is 59.7 Å². The molecule has 0 radical (unpaired) electrons. The third-order valence-electron chi connectivity index (χ3n) is 5.48. The summed E-state index contributed by atoms with van der Waals surface area (Å²) in [7, 11) is 1.65. The summed E-state index contributed by atoms with van der Waals surface area (Å²) in [6.07, 6.45) is 3.55. The van der Waals surface area contributed by atoms with E-state index >= 15 is 0 Å². The van der Waals surface area contributed by atoms with Crippen molar-refractivity contribution in [3.8, 4) is 16.9 Å². The van der Waals surface area contributed by atoms with E-state index in [2.05, 4.69) is 20.5 Å². The van der Waals surface area contributed by atoms with Crippen LogP contribution in [0.15, 0.2) is 42.7 Å². The maximum absolute atomic E-state index is 12.6. The maximum Gasteiger partial charge on any atom is 0.242 e. The number of rotatable bonds is 7. The summed E-state index contributed by atoms with van der Waals surface area (Å²) in [4.78, 5) is 17.1. The molecule has 0 saturated carbocycles. The van der Waals surface area contributed by atoms with Crippen LogP contribution in [0.1, 0.15) is 23.9 Å². The van der Waals surface area contributed by atoms with Crippen LogP contribution in [0.2, 0.25) is 0 Å². The van der Waals surface area contributed by atoms with E-state index in [1.807, 2.05) is 55.8 Å². The second-order valence-electron chi connectivity index (χ2n) is 7.38. The number of aromatic nitrogens is 5. The Morgan fingerprint density at radius 2 is 1.90 bits per heavy atom. The number of amides is 1. The highest BCUT2D eigenvalue weighted by Gasteiger charge is 2.16. The molecule has 160 valence electrons. The Hall–Kier alpha value is -3.68. The molecule has 3 heterocycles. The van der Waals surface area contributed by atoms with Crippen LogP contribution in [0, 0.1) is 13.8 Å². The number of benzene rings is 1. The number of hydrogen-bond acceptors (Lipinski definition) is 5. The number of carbonyl (C=O) groups excluding carboxylic acids is 1. The van der Waals surface area contributed by atoms with Gasteiger partial charge >= 0.3 is 0 Å². The second kappa shape index (κ2) is 8.59. The Labute approximate surface area is 180 Å². The number of methoxy groups -OCH3 is 1. The molecule has 0 fully saturated rings. The van der Waals surface area contributed by atoms with Crippen molar-refractivity contribution in [3.63, 3.8) is 0 Å². The van der Waals surface area contributed by atoms with Gasteiger partial charge in [0.05, 0.1) is 19.0 Å². The minimum absolute atomic E-state index is 0.102. The number of nitrogens with zero attached hydrogens (tertiary/aromatic N) is 5. The molecule has 8 nitrogen and oxygen atoms in total. The lowest BCUT2D eigenvalue weighted by atomic mass is 10.0. The number of nitrogens with one attached hydrogen (secondary N) is 1. The van der Waals surface area contributed by atoms with Gasteiger partial charge in [-0.25, -0.2) is 9.67 Å². The predicted molar refractivity (Wildman–Crippen MR) is 119 cm³/mol. The van der Waals surface area contributed by atoms with Crippen molar-refractivity contribution in [2.24, 2.45) is 0 Å². The fourth-order valence-corrected chi connectivity index (χ4v) is 3.77. The molecule has 0 spiro atoms. The van der Waals surface area contributed by atoms with Crippen LogP contribution in [0.25, 0.3) is 22.2 Å². The third kappa shape index (κ3) is 4.01. The van der Waals surface area contributed by atoms with Gasteiger partial charge in [-0.15, -0.1) is 0 Å². The fourth-order valence-electron chi connectivity index (χ4n) is 3.77. The summed E-state index contributed by atoms with van der Waals surface area (Å²) < 4.78 is 8.83. The summed E-state index contributed by atoms with van der Waals surface area (Å²) in [5, 5.41) is 12.8. The number of ether oxygens (including phenoxy) is 1. The molecule has 0 aliphatic heterocycles. The predicted octanol–water partition coefficient (Wildman–Crippen LogP) is 3.26. The maximum atomic E-state index is 12.6. The van der Waals surface area contributed by atoms with Gasteiger partial charge < -0.3 is 10.1 Å². The quantitative estimate of drug-likeness (QED) is 0.498. The Morgan fingerprint density at radius 3 is 2.58 bits per heavy atom. The Balaban J connectivity index is 1.55. The van der Waals surface area contributed by atoms with Crippen LogP contribution < -0.4 is 10.1 Å². The van der Waals surface area contributed by atoms with Crippen molar-refractivity contribution in [1.29, 1.82) is 0 Å². The molecule has 31 heavy (non-hydrogen) atoms. The topological polar surface area (TPSA) is 86.9 Å². The lowest BCUT2D eigenvalue weighted by molar-refractivity contribution is -0.121.